The molecule has 1 aromatic heterocycles. The maximum Gasteiger partial charge on any atom is 0.274 e. The number of anilines is 1. The number of fused-ring (bicyclic) bond motifs is 1. The van der Waals surface area contributed by atoms with E-state index in [4.69, 9.17) is 16.3 Å². The summed E-state index contributed by atoms with van der Waals surface area (Å²) >= 11 is 7.13. The monoisotopic (exact) mass is 451 g/mol. The topological polar surface area (TPSA) is 63.6 Å². The summed E-state index contributed by atoms with van der Waals surface area (Å²) in [6.45, 7) is 3.50. The van der Waals surface area contributed by atoms with Gasteiger partial charge in [0.2, 0.25) is 0 Å². The number of alkyl halides is 1. The standard InChI is InChI=1S/C21H20ClF2N3O2S/c1-12-8-20(24)11-30-13(2)27-21(20,10-29-12)16-7-15(4-5-17(16)23)26-19(28)18-6-3-14(22)9-25-18/h3-7,9,12H,8,10-11H2,1-2H3,(H,26,28)/t12-,20+,21+/m0/s1. The molecule has 3 heterocycles. The van der Waals surface area contributed by atoms with Crippen LogP contribution in [0.3, 0.4) is 0 Å². The quantitative estimate of drug-likeness (QED) is 0.713. The van der Waals surface area contributed by atoms with Crippen molar-refractivity contribution in [2.24, 2.45) is 4.99 Å². The fraction of sp³-hybridized carbons (Fsp3) is 0.381. The summed E-state index contributed by atoms with van der Waals surface area (Å²) < 4.78 is 36.9. The number of carbonyl (C=O) groups excluding carboxylic acids is 1. The molecule has 0 bridgehead atoms. The van der Waals surface area contributed by atoms with Gasteiger partial charge < -0.3 is 10.1 Å². The molecular formula is C21H20ClF2N3O2S. The normalized spacial score (nSPS) is 28.4. The van der Waals surface area contributed by atoms with Crippen LogP contribution >= 0.6 is 23.4 Å². The van der Waals surface area contributed by atoms with Gasteiger partial charge in [0.25, 0.3) is 5.91 Å². The molecule has 2 aliphatic heterocycles. The molecule has 2 aliphatic rings. The number of aromatic nitrogens is 1. The van der Waals surface area contributed by atoms with Crippen LogP contribution in [-0.4, -0.2) is 40.1 Å². The second-order valence-electron chi connectivity index (χ2n) is 7.58. The molecule has 4 rings (SSSR count). The fourth-order valence-electron chi connectivity index (χ4n) is 3.91. The van der Waals surface area contributed by atoms with E-state index in [9.17, 15) is 9.18 Å². The summed E-state index contributed by atoms with van der Waals surface area (Å²) in [5, 5.41) is 3.75. The summed E-state index contributed by atoms with van der Waals surface area (Å²) in [6.07, 6.45) is 1.18. The van der Waals surface area contributed by atoms with E-state index in [1.54, 1.807) is 19.9 Å². The minimum absolute atomic E-state index is 0.0680. The van der Waals surface area contributed by atoms with Gasteiger partial charge in [-0.3, -0.25) is 9.79 Å². The van der Waals surface area contributed by atoms with Crippen molar-refractivity contribution in [3.05, 3.63) is 58.6 Å². The van der Waals surface area contributed by atoms with Gasteiger partial charge in [0, 0.05) is 29.6 Å². The number of aliphatic imine (C=N–C) groups is 1. The van der Waals surface area contributed by atoms with Crippen molar-refractivity contribution in [1.29, 1.82) is 0 Å². The highest BCUT2D eigenvalue weighted by Crippen LogP contribution is 2.52. The second-order valence-corrected chi connectivity index (χ2v) is 9.19. The van der Waals surface area contributed by atoms with E-state index < -0.39 is 22.9 Å². The zero-order chi connectivity index (χ0) is 21.5. The number of hydrogen-bond donors (Lipinski definition) is 1. The summed E-state index contributed by atoms with van der Waals surface area (Å²) in [6, 6.07) is 7.09. The van der Waals surface area contributed by atoms with Gasteiger partial charge in [-0.2, -0.15) is 0 Å². The molecule has 1 amide bonds. The van der Waals surface area contributed by atoms with Gasteiger partial charge in [-0.05, 0) is 44.2 Å². The first-order chi connectivity index (χ1) is 14.2. The maximum atomic E-state index is 16.2. The lowest BCUT2D eigenvalue weighted by Crippen LogP contribution is -2.59. The van der Waals surface area contributed by atoms with Crippen molar-refractivity contribution in [3.63, 3.8) is 0 Å². The lowest BCUT2D eigenvalue weighted by atomic mass is 9.72. The van der Waals surface area contributed by atoms with E-state index in [0.717, 1.165) is 0 Å². The molecule has 0 spiro atoms. The Morgan fingerprint density at radius 2 is 2.17 bits per heavy atom. The van der Waals surface area contributed by atoms with Crippen molar-refractivity contribution in [2.45, 2.75) is 37.6 Å². The fourth-order valence-corrected chi connectivity index (χ4v) is 5.04. The highest BCUT2D eigenvalue weighted by Gasteiger charge is 2.60. The van der Waals surface area contributed by atoms with E-state index in [2.05, 4.69) is 15.3 Å². The predicted molar refractivity (Wildman–Crippen MR) is 115 cm³/mol. The lowest BCUT2D eigenvalue weighted by Gasteiger charge is -2.50. The van der Waals surface area contributed by atoms with E-state index in [1.807, 2.05) is 0 Å². The first kappa shape index (κ1) is 21.2. The number of ether oxygens (including phenoxy) is 1. The summed E-state index contributed by atoms with van der Waals surface area (Å²) in [7, 11) is 0. The van der Waals surface area contributed by atoms with Gasteiger partial charge in [-0.25, -0.2) is 13.8 Å². The highest BCUT2D eigenvalue weighted by molar-refractivity contribution is 8.14. The Labute approximate surface area is 182 Å². The molecule has 0 saturated carbocycles. The molecular weight excluding hydrogens is 432 g/mol. The zero-order valence-corrected chi connectivity index (χ0v) is 18.0. The maximum absolute atomic E-state index is 16.2. The molecule has 3 atom stereocenters. The van der Waals surface area contributed by atoms with Gasteiger partial charge >= 0.3 is 0 Å². The number of benzene rings is 1. The molecule has 9 heteroatoms. The average Bonchev–Trinajstić information content (AvgIpc) is 2.70. The molecule has 1 aromatic carbocycles. The smallest absolute Gasteiger partial charge is 0.274 e. The number of pyridine rings is 1. The van der Waals surface area contributed by atoms with E-state index in [-0.39, 0.29) is 36.1 Å². The van der Waals surface area contributed by atoms with E-state index in [0.29, 0.717) is 15.8 Å². The largest absolute Gasteiger partial charge is 0.375 e. The number of halogens is 3. The first-order valence-corrected chi connectivity index (χ1v) is 10.8. The van der Waals surface area contributed by atoms with Crippen LogP contribution in [-0.2, 0) is 10.3 Å². The number of amides is 1. The average molecular weight is 452 g/mol. The summed E-state index contributed by atoms with van der Waals surface area (Å²) in [4.78, 5) is 21.0. The number of nitrogens with one attached hydrogen (secondary N) is 1. The second kappa shape index (κ2) is 7.90. The SMILES string of the molecule is CC1=N[C@@]2(c3cc(NC(=O)c4ccc(Cl)cn4)ccc3F)CO[C@@H](C)C[C@@]2(F)CS1. The van der Waals surface area contributed by atoms with Gasteiger partial charge in [0.15, 0.2) is 5.67 Å². The molecule has 2 aromatic rings. The number of thioether (sulfide) groups is 1. The Balaban J connectivity index is 1.72. The molecule has 5 nitrogen and oxygen atoms in total. The predicted octanol–water partition coefficient (Wildman–Crippen LogP) is 5.00. The third kappa shape index (κ3) is 3.72. The molecule has 30 heavy (non-hydrogen) atoms. The Hall–Kier alpha value is -2.03. The van der Waals surface area contributed by atoms with E-state index >= 15 is 4.39 Å². The summed E-state index contributed by atoms with van der Waals surface area (Å²) in [5.41, 5.74) is -2.73. The van der Waals surface area contributed by atoms with Gasteiger partial charge in [-0.15, -0.1) is 11.8 Å². The number of nitrogens with zero attached hydrogens (tertiary/aromatic N) is 2. The third-order valence-corrected chi connectivity index (χ3v) is 6.75. The van der Waals surface area contributed by atoms with Crippen molar-refractivity contribution in [2.75, 3.05) is 17.7 Å². The van der Waals surface area contributed by atoms with Crippen LogP contribution in [0, 0.1) is 5.82 Å². The molecule has 1 N–H and O–H groups in total. The highest BCUT2D eigenvalue weighted by atomic mass is 35.5. The Kier molecular flexibility index (Phi) is 5.59. The Bertz CT molecular complexity index is 1020. The van der Waals surface area contributed by atoms with Crippen LogP contribution in [0.25, 0.3) is 0 Å². The zero-order valence-electron chi connectivity index (χ0n) is 16.4. The van der Waals surface area contributed by atoms with Gasteiger partial charge in [0.1, 0.15) is 17.1 Å². The van der Waals surface area contributed by atoms with Crippen LogP contribution in [0.2, 0.25) is 5.02 Å². The Morgan fingerprint density at radius 3 is 2.90 bits per heavy atom. The van der Waals surface area contributed by atoms with Crippen LogP contribution in [0.4, 0.5) is 14.5 Å². The molecule has 1 saturated heterocycles. The first-order valence-electron chi connectivity index (χ1n) is 9.45. The van der Waals surface area contributed by atoms with Crippen LogP contribution in [0.15, 0.2) is 41.5 Å². The van der Waals surface area contributed by atoms with E-state index in [1.165, 1.54) is 42.2 Å². The molecule has 0 aliphatic carbocycles. The van der Waals surface area contributed by atoms with Crippen LogP contribution in [0.5, 0.6) is 0 Å². The number of carbonyl (C=O) groups is 1. The van der Waals surface area contributed by atoms with Crippen LogP contribution < -0.4 is 5.32 Å². The summed E-state index contributed by atoms with van der Waals surface area (Å²) in [5.74, 6) is -0.914. The van der Waals surface area contributed by atoms with Gasteiger partial charge in [0.05, 0.1) is 22.8 Å². The Morgan fingerprint density at radius 1 is 1.37 bits per heavy atom. The molecule has 0 unspecified atom stereocenters. The van der Waals surface area contributed by atoms with Crippen molar-refractivity contribution in [3.8, 4) is 0 Å². The molecule has 1 fully saturated rings. The minimum Gasteiger partial charge on any atom is -0.375 e. The molecule has 0 radical (unpaired) electrons. The van der Waals surface area contributed by atoms with Crippen molar-refractivity contribution in [1.82, 2.24) is 4.98 Å². The van der Waals surface area contributed by atoms with Gasteiger partial charge in [-0.1, -0.05) is 11.6 Å². The van der Waals surface area contributed by atoms with Crippen LogP contribution in [0.1, 0.15) is 36.3 Å². The molecule has 158 valence electrons. The van der Waals surface area contributed by atoms with Crippen molar-refractivity contribution >= 4 is 40.0 Å². The number of rotatable bonds is 3. The third-order valence-electron chi connectivity index (χ3n) is 5.42. The van der Waals surface area contributed by atoms with Crippen molar-refractivity contribution < 1.29 is 18.3 Å². The minimum atomic E-state index is -1.77. The number of hydrogen-bond acceptors (Lipinski definition) is 5. The lowest BCUT2D eigenvalue weighted by molar-refractivity contribution is -0.107.